The minimum atomic E-state index is 0.971. The molecular weight excluding hydrogens is 376 g/mol. The highest BCUT2D eigenvalue weighted by atomic mass is 15.0. The van der Waals surface area contributed by atoms with Gasteiger partial charge in [-0.3, -0.25) is 4.40 Å². The number of rotatable bonds is 0. The molecule has 0 atom stereocenters. The van der Waals surface area contributed by atoms with Gasteiger partial charge in [-0.2, -0.15) is 0 Å². The van der Waals surface area contributed by atoms with Crippen LogP contribution in [0.1, 0.15) is 22.3 Å². The van der Waals surface area contributed by atoms with Gasteiger partial charge in [-0.1, -0.05) is 66.7 Å². The molecule has 0 saturated heterocycles. The van der Waals surface area contributed by atoms with Crippen molar-refractivity contribution in [2.75, 3.05) is 0 Å². The lowest BCUT2D eigenvalue weighted by atomic mass is 9.92. The highest BCUT2D eigenvalue weighted by Gasteiger charge is 2.30. The van der Waals surface area contributed by atoms with Gasteiger partial charge in [0.2, 0.25) is 0 Å². The lowest BCUT2D eigenvalue weighted by Gasteiger charge is -2.13. The maximum atomic E-state index is 4.81. The van der Waals surface area contributed by atoms with E-state index in [0.717, 1.165) is 18.5 Å². The Hall–Kier alpha value is -3.91. The fourth-order valence-corrected chi connectivity index (χ4v) is 6.05. The number of pyridine rings is 1. The van der Waals surface area contributed by atoms with Gasteiger partial charge in [0.15, 0.2) is 0 Å². The molecule has 0 unspecified atom stereocenters. The number of para-hydroxylation sites is 1. The van der Waals surface area contributed by atoms with Gasteiger partial charge in [0.25, 0.3) is 0 Å². The molecule has 0 N–H and O–H groups in total. The first-order valence-corrected chi connectivity index (χ1v) is 10.9. The topological polar surface area (TPSA) is 17.3 Å². The van der Waals surface area contributed by atoms with Crippen LogP contribution in [-0.4, -0.2) is 9.38 Å². The van der Waals surface area contributed by atoms with Crippen molar-refractivity contribution in [1.82, 2.24) is 9.38 Å². The summed E-state index contributed by atoms with van der Waals surface area (Å²) in [6.45, 7) is 0. The molecule has 0 saturated carbocycles. The van der Waals surface area contributed by atoms with Crippen LogP contribution in [0.5, 0.6) is 0 Å². The average molecular weight is 394 g/mol. The van der Waals surface area contributed by atoms with E-state index >= 15 is 0 Å². The Morgan fingerprint density at radius 2 is 1.45 bits per heavy atom. The Bertz CT molecular complexity index is 1740. The lowest BCUT2D eigenvalue weighted by molar-refractivity contribution is 1.23. The zero-order valence-electron chi connectivity index (χ0n) is 16.9. The van der Waals surface area contributed by atoms with Crippen molar-refractivity contribution in [2.45, 2.75) is 12.8 Å². The third-order valence-electron chi connectivity index (χ3n) is 7.31. The van der Waals surface area contributed by atoms with E-state index in [-0.39, 0.29) is 0 Å². The maximum Gasteiger partial charge on any atom is 0.145 e. The number of imidazole rings is 1. The first-order valence-electron chi connectivity index (χ1n) is 10.9. The molecule has 6 aromatic rings. The Morgan fingerprint density at radius 1 is 0.645 bits per heavy atom. The summed E-state index contributed by atoms with van der Waals surface area (Å²) in [5.74, 6) is 0. The Labute approximate surface area is 179 Å². The van der Waals surface area contributed by atoms with Crippen molar-refractivity contribution in [3.63, 3.8) is 0 Å². The zero-order valence-corrected chi connectivity index (χ0v) is 16.9. The summed E-state index contributed by atoms with van der Waals surface area (Å²) >= 11 is 0. The van der Waals surface area contributed by atoms with E-state index in [9.17, 15) is 0 Å². The molecule has 2 heterocycles. The smallest absolute Gasteiger partial charge is 0.145 e. The van der Waals surface area contributed by atoms with E-state index in [1.54, 1.807) is 0 Å². The second-order valence-corrected chi connectivity index (χ2v) is 8.80. The van der Waals surface area contributed by atoms with Gasteiger partial charge in [0, 0.05) is 23.2 Å². The molecule has 0 aliphatic heterocycles. The Morgan fingerprint density at radius 3 is 2.42 bits per heavy atom. The second kappa shape index (κ2) is 5.41. The molecule has 2 aromatic heterocycles. The quantitative estimate of drug-likeness (QED) is 0.259. The van der Waals surface area contributed by atoms with Gasteiger partial charge < -0.3 is 0 Å². The number of hydrogen-bond donors (Lipinski definition) is 0. The molecule has 2 nitrogen and oxygen atoms in total. The minimum absolute atomic E-state index is 0.971. The van der Waals surface area contributed by atoms with Crippen molar-refractivity contribution in [2.24, 2.45) is 0 Å². The third-order valence-corrected chi connectivity index (χ3v) is 7.31. The van der Waals surface area contributed by atoms with Gasteiger partial charge >= 0.3 is 0 Å². The predicted molar refractivity (Wildman–Crippen MR) is 127 cm³/mol. The van der Waals surface area contributed by atoms with Crippen molar-refractivity contribution in [3.8, 4) is 22.3 Å². The summed E-state index contributed by atoms with van der Waals surface area (Å²) in [7, 11) is 0. The van der Waals surface area contributed by atoms with Crippen LogP contribution in [0.4, 0.5) is 0 Å². The Balaban J connectivity index is 1.53. The van der Waals surface area contributed by atoms with Crippen molar-refractivity contribution in [3.05, 3.63) is 107 Å². The van der Waals surface area contributed by atoms with Gasteiger partial charge in [0.1, 0.15) is 5.65 Å². The van der Waals surface area contributed by atoms with Crippen LogP contribution in [0.15, 0.2) is 85.2 Å². The predicted octanol–water partition coefficient (Wildman–Crippen LogP) is 6.78. The number of fused-ring (bicyclic) bond motifs is 14. The highest BCUT2D eigenvalue weighted by Crippen LogP contribution is 2.51. The molecule has 2 aliphatic rings. The summed E-state index contributed by atoms with van der Waals surface area (Å²) in [4.78, 5) is 4.81. The van der Waals surface area contributed by atoms with E-state index in [4.69, 9.17) is 4.98 Å². The summed E-state index contributed by atoms with van der Waals surface area (Å²) in [5.41, 5.74) is 13.7. The number of nitrogens with zero attached hydrogens (tertiary/aromatic N) is 2. The molecule has 0 fully saturated rings. The van der Waals surface area contributed by atoms with Crippen molar-refractivity contribution >= 4 is 27.3 Å². The number of hydrogen-bond acceptors (Lipinski definition) is 1. The molecular formula is C29H18N2. The monoisotopic (exact) mass is 394 g/mol. The van der Waals surface area contributed by atoms with Crippen LogP contribution in [0.3, 0.4) is 0 Å². The normalized spacial score (nSPS) is 13.5. The molecule has 144 valence electrons. The van der Waals surface area contributed by atoms with Crippen LogP contribution >= 0.6 is 0 Å². The van der Waals surface area contributed by atoms with Crippen LogP contribution in [0, 0.1) is 0 Å². The largest absolute Gasteiger partial charge is 0.299 e. The molecule has 0 bridgehead atoms. The van der Waals surface area contributed by atoms with Crippen molar-refractivity contribution < 1.29 is 0 Å². The summed E-state index contributed by atoms with van der Waals surface area (Å²) in [6, 6.07) is 27.0. The van der Waals surface area contributed by atoms with Gasteiger partial charge in [-0.25, -0.2) is 4.98 Å². The molecule has 2 heteroatoms. The van der Waals surface area contributed by atoms with Crippen LogP contribution < -0.4 is 0 Å². The molecule has 4 aromatic carbocycles. The van der Waals surface area contributed by atoms with Gasteiger partial charge in [-0.15, -0.1) is 0 Å². The molecule has 2 aliphatic carbocycles. The van der Waals surface area contributed by atoms with Crippen LogP contribution in [0.25, 0.3) is 49.6 Å². The van der Waals surface area contributed by atoms with E-state index in [0.29, 0.717) is 0 Å². The number of benzene rings is 4. The van der Waals surface area contributed by atoms with E-state index in [2.05, 4.69) is 83.4 Å². The average Bonchev–Trinajstić information content (AvgIpc) is 3.53. The van der Waals surface area contributed by atoms with E-state index in [1.165, 1.54) is 66.2 Å². The minimum Gasteiger partial charge on any atom is -0.299 e. The summed E-state index contributed by atoms with van der Waals surface area (Å²) < 4.78 is 2.25. The van der Waals surface area contributed by atoms with Gasteiger partial charge in [0.05, 0.1) is 5.52 Å². The van der Waals surface area contributed by atoms with E-state index in [1.807, 2.05) is 6.20 Å². The van der Waals surface area contributed by atoms with E-state index < -0.39 is 0 Å². The molecule has 31 heavy (non-hydrogen) atoms. The van der Waals surface area contributed by atoms with Crippen LogP contribution in [0.2, 0.25) is 0 Å². The first-order chi connectivity index (χ1) is 15.4. The second-order valence-electron chi connectivity index (χ2n) is 8.80. The van der Waals surface area contributed by atoms with Crippen LogP contribution in [-0.2, 0) is 12.8 Å². The molecule has 0 spiro atoms. The fraction of sp³-hybridized carbons (Fsp3) is 0.0690. The molecule has 0 radical (unpaired) electrons. The summed E-state index contributed by atoms with van der Waals surface area (Å²) in [5, 5.41) is 3.90. The first kappa shape index (κ1) is 15.9. The Kier molecular flexibility index (Phi) is 2.77. The zero-order chi connectivity index (χ0) is 20.1. The lowest BCUT2D eigenvalue weighted by Crippen LogP contribution is -1.94. The molecule has 0 amide bonds. The number of aromatic nitrogens is 2. The highest BCUT2D eigenvalue weighted by molar-refractivity contribution is 6.15. The standard InChI is InChI=1S/C29H18N2/c1-2-6-20-17(5-1)15-18-9-10-19-16-24-23(27(19)26(18)20)12-11-22-21-7-3-4-8-25(21)31-14-13-30-29(31)28(22)24/h1-14H,15-16H2. The molecule has 8 rings (SSSR count). The van der Waals surface area contributed by atoms with Crippen molar-refractivity contribution in [1.29, 1.82) is 0 Å². The maximum absolute atomic E-state index is 4.81. The van der Waals surface area contributed by atoms with Gasteiger partial charge in [-0.05, 0) is 68.8 Å². The SMILES string of the molecule is c1ccc2c(c1)Cc1ccc3c(c1-2)-c1ccc2c4ccccc4n4ccnc4c2c1C3. The fourth-order valence-electron chi connectivity index (χ4n) is 6.05. The summed E-state index contributed by atoms with van der Waals surface area (Å²) in [6.07, 6.45) is 6.03. The third kappa shape index (κ3) is 1.87.